The monoisotopic (exact) mass is 2060 g/mol. The van der Waals surface area contributed by atoms with E-state index in [1.54, 1.807) is 51.2 Å². The summed E-state index contributed by atoms with van der Waals surface area (Å²) < 4.78 is 130. The largest absolute Gasteiger partial charge is 0.489 e. The summed E-state index contributed by atoms with van der Waals surface area (Å²) >= 11 is 18.5. The topological polar surface area (TPSA) is 356 Å². The van der Waals surface area contributed by atoms with Crippen LogP contribution >= 0.6 is 50.8 Å². The number of benzene rings is 5. The zero-order chi connectivity index (χ0) is 101. The molecule has 5 aliphatic rings. The highest BCUT2D eigenvalue weighted by Gasteiger charge is 2.21. The number of likely N-dealkylation sites (N-methyl/N-ethyl adjacent to an activating group) is 3. The second-order valence-electron chi connectivity index (χ2n) is 28.7. The molecule has 5 heterocycles. The van der Waals surface area contributed by atoms with Gasteiger partial charge >= 0.3 is 11.1 Å². The Hall–Kier alpha value is -8.05. The SMILES string of the molecule is CCOOC#COCl.CCOOC#CON1CCOCCOCCOCCOc2ccccc21.CN(C)C(=O)C1=Nc2ccccc2OCCOCCOCCOCCO1.CN(C)CCN1CCOCCOCCOCCOc2cc(C=O)ccc21.CN(C)CCN1CCOCCOCCOCCOc2ccccc21.CNC.O=P(Cl)(Cl)Cl.[B][B].[HH].c1ccc2c(c1)NCCOCCOCCOCCO2. The lowest BCUT2D eigenvalue weighted by Gasteiger charge is -2.28. The van der Waals surface area contributed by atoms with E-state index >= 15 is 0 Å². The van der Waals surface area contributed by atoms with Crippen LogP contribution in [0.5, 0.6) is 28.7 Å². The first-order valence-electron chi connectivity index (χ1n) is 45.5. The third-order valence-electron chi connectivity index (χ3n) is 17.3. The predicted molar refractivity (Wildman–Crippen MR) is 539 cm³/mol. The molecule has 0 saturated carbocycles. The van der Waals surface area contributed by atoms with Crippen LogP contribution in [0.2, 0.25) is 0 Å². The van der Waals surface area contributed by atoms with Gasteiger partial charge in [-0.05, 0) is 157 Å². The van der Waals surface area contributed by atoms with Crippen molar-refractivity contribution in [2.45, 2.75) is 13.8 Å². The lowest BCUT2D eigenvalue weighted by molar-refractivity contribution is -0.232. The average Bonchev–Trinajstić information content (AvgIpc) is 0.826. The van der Waals surface area contributed by atoms with E-state index in [1.165, 1.54) is 4.90 Å². The minimum atomic E-state index is -3.22. The average molecular weight is 2060 g/mol. The van der Waals surface area contributed by atoms with Gasteiger partial charge in [-0.15, -0.1) is 0 Å². The van der Waals surface area contributed by atoms with Crippen LogP contribution in [-0.2, 0) is 114 Å². The maximum atomic E-state index is 12.3. The van der Waals surface area contributed by atoms with Crippen molar-refractivity contribution >= 4 is 113 Å². The Morgan fingerprint density at radius 1 is 0.439 bits per heavy atom. The van der Waals surface area contributed by atoms with E-state index < -0.39 is 5.20 Å². The summed E-state index contributed by atoms with van der Waals surface area (Å²) in [5.74, 6) is 3.32. The van der Waals surface area contributed by atoms with Crippen LogP contribution in [0, 0.1) is 24.4 Å². The molecule has 0 aliphatic carbocycles. The zero-order valence-corrected chi connectivity index (χ0v) is 86.0. The van der Waals surface area contributed by atoms with Gasteiger partial charge in [0.25, 0.3) is 5.90 Å². The van der Waals surface area contributed by atoms with Crippen LogP contribution in [-0.4, -0.2) is 408 Å². The number of aliphatic imine (C=N–C) groups is 1. The summed E-state index contributed by atoms with van der Waals surface area (Å²) in [6.07, 6.45) is 9.56. The van der Waals surface area contributed by atoms with E-state index in [4.69, 9.17) is 109 Å². The summed E-state index contributed by atoms with van der Waals surface area (Å²) in [7, 11) is 23.3. The molecule has 5 aliphatic heterocycles. The van der Waals surface area contributed by atoms with Crippen LogP contribution in [0.25, 0.3) is 0 Å². The first-order valence-corrected chi connectivity index (χ1v) is 50.2. The number of aldehydes is 1. The van der Waals surface area contributed by atoms with E-state index in [0.29, 0.717) is 279 Å². The fourth-order valence-electron chi connectivity index (χ4n) is 11.0. The van der Waals surface area contributed by atoms with E-state index in [0.717, 1.165) is 86.3 Å². The van der Waals surface area contributed by atoms with Crippen molar-refractivity contribution < 1.29 is 144 Å². The molecule has 139 heavy (non-hydrogen) atoms. The lowest BCUT2D eigenvalue weighted by Crippen LogP contribution is -2.34. The van der Waals surface area contributed by atoms with Crippen LogP contribution in [0.3, 0.4) is 0 Å². The minimum absolute atomic E-state index is 0. The van der Waals surface area contributed by atoms with E-state index in [-0.39, 0.29) is 19.8 Å². The number of halogens is 4. The molecule has 0 fully saturated rings. The predicted octanol–water partition coefficient (Wildman–Crippen LogP) is 10.5. The highest BCUT2D eigenvalue weighted by Crippen LogP contribution is 2.61. The molecule has 0 unspecified atom stereocenters. The molecular weight excluding hydrogens is 1920 g/mol. The Balaban J connectivity index is 0.000000837. The Kier molecular flexibility index (Phi) is 82.2. The van der Waals surface area contributed by atoms with Gasteiger partial charge in [0.05, 0.1) is 235 Å². The highest BCUT2D eigenvalue weighted by molar-refractivity contribution is 8.24. The van der Waals surface area contributed by atoms with Crippen molar-refractivity contribution in [1.29, 1.82) is 0 Å². The number of para-hydroxylation sites is 8. The molecule has 2 N–H and O–H groups in total. The summed E-state index contributed by atoms with van der Waals surface area (Å²) in [6.45, 7) is 29.4. The Bertz CT molecular complexity index is 4000. The molecule has 0 aromatic heterocycles. The standard InChI is InChI=1S/C19H30N2O5.C18H26N2O6.C18H30N2O4.C18H25NO7.C14H21NO4.C4H5ClO3.C2H7N.B2.Cl3OP.H2/c1-20(2)5-6-21-7-8-23-9-10-24-11-12-25-13-14-26-19-15-17(16-22)3-4-18(19)21;1-20(2)18(21)17-19-15-5-3-4-6-16(15)25-13-11-23-9-7-22-8-10-24-12-14-26-17;1-19(2)7-8-20-9-10-21-11-12-22-13-14-23-15-16-24-18-6-4-3-5-17(18)20;1-2-25-26-16-15-24-19-7-8-20-9-10-21-11-12-22-13-14-23-18-6-4-3-5-17(18)19;1-2-4-14-13(3-1)15-5-6-16-7-8-17-9-10-18-11-12-19-14;1-2-7-8-4-3-6-5;1-3-2;1-2;1-5(2,3)4;/h3-4,15-16H,5-14H2,1-2H3;3-6H,7-14H2,1-2H3;3-6H,7-16H2,1-2H3;3-6H,2,7-14H2,1H3;1-4,15H,5-12H2;2H2,1H3;3H,1-2H3;;;1H. The molecular formula is C93H146B2Cl4N9O30P. The van der Waals surface area contributed by atoms with Crippen molar-refractivity contribution in [2.75, 3.05) is 380 Å². The van der Waals surface area contributed by atoms with Crippen LogP contribution in [0.1, 0.15) is 25.6 Å². The number of amides is 1. The van der Waals surface area contributed by atoms with Gasteiger partial charge in [-0.1, -0.05) is 48.5 Å². The third kappa shape index (κ3) is 70.3. The molecule has 46 heteroatoms. The maximum absolute atomic E-state index is 12.3. The molecule has 10 rings (SSSR count). The molecule has 4 radical (unpaired) electrons. The number of nitrogens with zero attached hydrogens (tertiary/aromatic N) is 7. The molecule has 1 amide bonds. The fourth-order valence-corrected chi connectivity index (χ4v) is 11.1. The van der Waals surface area contributed by atoms with Gasteiger partial charge in [0, 0.05) is 82.4 Å². The minimum Gasteiger partial charge on any atom is -0.489 e. The second kappa shape index (κ2) is 90.0. The fraction of sp³-hybridized carbons (Fsp3) is 0.602. The maximum Gasteiger partial charge on any atom is 0.339 e. The van der Waals surface area contributed by atoms with Gasteiger partial charge in [0.1, 0.15) is 97.9 Å². The van der Waals surface area contributed by atoms with Gasteiger partial charge in [0.2, 0.25) is 12.2 Å². The quantitative estimate of drug-likeness (QED) is 0.0210. The molecule has 0 bridgehead atoms. The number of rotatable bonds is 13. The summed E-state index contributed by atoms with van der Waals surface area (Å²) in [5.41, 5.74) is 4.90. The Morgan fingerprint density at radius 2 is 0.770 bits per heavy atom. The summed E-state index contributed by atoms with van der Waals surface area (Å²) in [6, 6.07) is 36.3. The van der Waals surface area contributed by atoms with E-state index in [2.05, 4.69) is 148 Å². The number of carbonyl (C=O) groups excluding carboxylic acids is 2. The second-order valence-corrected chi connectivity index (χ2v) is 35.5. The van der Waals surface area contributed by atoms with Crippen molar-refractivity contribution in [2.24, 2.45) is 4.99 Å². The smallest absolute Gasteiger partial charge is 0.339 e. The first-order chi connectivity index (χ1) is 67.9. The van der Waals surface area contributed by atoms with Crippen molar-refractivity contribution in [3.8, 4) is 53.2 Å². The Morgan fingerprint density at radius 3 is 1.19 bits per heavy atom. The molecule has 0 spiro atoms. The van der Waals surface area contributed by atoms with Crippen LogP contribution in [0.4, 0.5) is 28.4 Å². The van der Waals surface area contributed by atoms with Crippen LogP contribution in [0.15, 0.2) is 120 Å². The zero-order valence-electron chi connectivity index (χ0n) is 82.1. The molecule has 39 nitrogen and oxygen atoms in total. The number of anilines is 4. The summed E-state index contributed by atoms with van der Waals surface area (Å²) in [5, 5.41) is 4.41. The van der Waals surface area contributed by atoms with E-state index in [1.807, 2.05) is 131 Å². The van der Waals surface area contributed by atoms with Gasteiger partial charge in [-0.3, -0.25) is 23.9 Å². The number of nitrogens with one attached hydrogen (secondary N) is 2. The van der Waals surface area contributed by atoms with Gasteiger partial charge in [-0.2, -0.15) is 14.8 Å². The lowest BCUT2D eigenvalue weighted by atomic mass is 9.81. The highest BCUT2D eigenvalue weighted by atomic mass is 36.0. The van der Waals surface area contributed by atoms with Crippen LogP contribution < -0.4 is 49.2 Å². The Labute approximate surface area is 844 Å². The van der Waals surface area contributed by atoms with Gasteiger partial charge in [-0.25, -0.2) is 4.99 Å². The molecule has 782 valence electrons. The molecule has 5 aromatic carbocycles. The normalized spacial score (nSPS) is 16.5. The molecule has 0 saturated heterocycles. The number of carbonyl (C=O) groups is 2. The first kappa shape index (κ1) is 127. The number of hydroxylamine groups is 1. The van der Waals surface area contributed by atoms with Crippen molar-refractivity contribution in [3.63, 3.8) is 0 Å². The molecule has 5 aromatic rings. The van der Waals surface area contributed by atoms with Crippen molar-refractivity contribution in [3.05, 3.63) is 121 Å². The molecule has 0 atom stereocenters. The van der Waals surface area contributed by atoms with Crippen molar-refractivity contribution in [1.82, 2.24) is 20.0 Å². The number of hydrogen-bond donors (Lipinski definition) is 2. The van der Waals surface area contributed by atoms with Gasteiger partial charge < -0.3 is 144 Å². The summed E-state index contributed by atoms with van der Waals surface area (Å²) in [4.78, 5) is 61.4. The van der Waals surface area contributed by atoms with Gasteiger partial charge in [0.15, 0.2) is 12.2 Å². The number of fused-ring (bicyclic) bond motifs is 5. The van der Waals surface area contributed by atoms with E-state index in [9.17, 15) is 14.2 Å². The third-order valence-corrected chi connectivity index (χ3v) is 17.4. The number of ether oxygens (including phenoxy) is 21. The number of hydrogen-bond acceptors (Lipinski definition) is 38.